The van der Waals surface area contributed by atoms with Gasteiger partial charge in [0, 0.05) is 18.5 Å². The molecule has 1 aromatic rings. The minimum atomic E-state index is -3.32. The Kier molecular flexibility index (Phi) is 6.65. The van der Waals surface area contributed by atoms with E-state index < -0.39 is 10.0 Å². The molecule has 0 saturated heterocycles. The minimum absolute atomic E-state index is 0.414. The average molecular weight is 308 g/mol. The monoisotopic (exact) mass is 308 g/mol. The summed E-state index contributed by atoms with van der Waals surface area (Å²) in [5, 5.41) is 0. The molecule has 0 bridgehead atoms. The Labute approximate surface area is 118 Å². The van der Waals surface area contributed by atoms with E-state index in [1.807, 2.05) is 12.3 Å². The molecule has 2 N–H and O–H groups in total. The van der Waals surface area contributed by atoms with Crippen LogP contribution < -0.4 is 5.73 Å². The molecule has 4 nitrogen and oxygen atoms in total. The van der Waals surface area contributed by atoms with Crippen molar-refractivity contribution in [2.45, 2.75) is 17.1 Å². The summed E-state index contributed by atoms with van der Waals surface area (Å²) in [7, 11) is -1.68. The van der Waals surface area contributed by atoms with Crippen LogP contribution in [-0.2, 0) is 16.4 Å². The Morgan fingerprint density at radius 3 is 2.78 bits per heavy atom. The van der Waals surface area contributed by atoms with Gasteiger partial charge in [-0.3, -0.25) is 0 Å². The van der Waals surface area contributed by atoms with E-state index in [0.29, 0.717) is 17.3 Å². The maximum absolute atomic E-state index is 12.2. The summed E-state index contributed by atoms with van der Waals surface area (Å²) < 4.78 is 26.3. The molecular formula is C11H20N2O2S3. The number of thioether (sulfide) groups is 1. The van der Waals surface area contributed by atoms with Gasteiger partial charge < -0.3 is 5.73 Å². The second-order valence-corrected chi connectivity index (χ2v) is 8.36. The Morgan fingerprint density at radius 1 is 1.44 bits per heavy atom. The average Bonchev–Trinajstić information content (AvgIpc) is 2.79. The zero-order valence-electron chi connectivity index (χ0n) is 10.8. The summed E-state index contributed by atoms with van der Waals surface area (Å²) in [4.78, 5) is 1.02. The molecule has 0 fully saturated rings. The molecule has 0 aliphatic carbocycles. The van der Waals surface area contributed by atoms with Crippen LogP contribution in [0.2, 0.25) is 0 Å². The van der Waals surface area contributed by atoms with Crippen molar-refractivity contribution in [1.82, 2.24) is 4.31 Å². The first-order valence-electron chi connectivity index (χ1n) is 5.76. The highest BCUT2D eigenvalue weighted by atomic mass is 32.2. The van der Waals surface area contributed by atoms with Gasteiger partial charge in [-0.1, -0.05) is 0 Å². The molecule has 18 heavy (non-hydrogen) atoms. The summed E-state index contributed by atoms with van der Waals surface area (Å²) >= 11 is 3.05. The van der Waals surface area contributed by atoms with E-state index in [1.54, 1.807) is 24.9 Å². The number of nitrogens with zero attached hydrogens (tertiary/aromatic N) is 1. The molecule has 0 aromatic carbocycles. The molecule has 1 rings (SSSR count). The Hall–Kier alpha value is -0.0800. The molecule has 0 aliphatic rings. The quantitative estimate of drug-likeness (QED) is 0.741. The first-order chi connectivity index (χ1) is 8.52. The van der Waals surface area contributed by atoms with Gasteiger partial charge in [0.1, 0.15) is 4.21 Å². The third-order valence-electron chi connectivity index (χ3n) is 2.51. The summed E-state index contributed by atoms with van der Waals surface area (Å²) in [5.74, 6) is 0.975. The van der Waals surface area contributed by atoms with Gasteiger partial charge in [0.05, 0.1) is 0 Å². The van der Waals surface area contributed by atoms with Crippen molar-refractivity contribution < 1.29 is 8.42 Å². The van der Waals surface area contributed by atoms with Gasteiger partial charge in [0.2, 0.25) is 0 Å². The molecule has 0 atom stereocenters. The van der Waals surface area contributed by atoms with E-state index >= 15 is 0 Å². The molecule has 0 saturated carbocycles. The van der Waals surface area contributed by atoms with E-state index in [2.05, 4.69) is 0 Å². The number of rotatable bonds is 8. The molecule has 0 radical (unpaired) electrons. The predicted octanol–water partition coefficient (Wildman–Crippen LogP) is 1.62. The largest absolute Gasteiger partial charge is 0.330 e. The lowest BCUT2D eigenvalue weighted by atomic mass is 10.3. The molecule has 1 heterocycles. The normalized spacial score (nSPS) is 12.2. The number of thiophene rings is 1. The van der Waals surface area contributed by atoms with Crippen LogP contribution in [0.25, 0.3) is 0 Å². The van der Waals surface area contributed by atoms with Crippen LogP contribution in [-0.4, -0.2) is 44.9 Å². The number of nitrogens with two attached hydrogens (primary N) is 1. The summed E-state index contributed by atoms with van der Waals surface area (Å²) in [5.41, 5.74) is 5.46. The lowest BCUT2D eigenvalue weighted by Gasteiger charge is -2.15. The number of hydrogen-bond acceptors (Lipinski definition) is 5. The minimum Gasteiger partial charge on any atom is -0.330 e. The first-order valence-corrected chi connectivity index (χ1v) is 9.41. The molecule has 7 heteroatoms. The molecule has 0 amide bonds. The molecule has 0 unspecified atom stereocenters. The predicted molar refractivity (Wildman–Crippen MR) is 79.9 cm³/mol. The second kappa shape index (κ2) is 7.49. The Bertz CT molecular complexity index is 457. The van der Waals surface area contributed by atoms with Crippen molar-refractivity contribution in [2.24, 2.45) is 5.73 Å². The van der Waals surface area contributed by atoms with E-state index in [1.165, 1.54) is 15.6 Å². The van der Waals surface area contributed by atoms with Crippen molar-refractivity contribution in [3.8, 4) is 0 Å². The van der Waals surface area contributed by atoms with Crippen molar-refractivity contribution >= 4 is 33.1 Å². The van der Waals surface area contributed by atoms with Crippen LogP contribution in [0, 0.1) is 0 Å². The van der Waals surface area contributed by atoms with E-state index in [-0.39, 0.29) is 0 Å². The highest BCUT2D eigenvalue weighted by Gasteiger charge is 2.22. The molecular weight excluding hydrogens is 288 g/mol. The van der Waals surface area contributed by atoms with Gasteiger partial charge in [0.15, 0.2) is 0 Å². The first kappa shape index (κ1) is 16.0. The van der Waals surface area contributed by atoms with Gasteiger partial charge in [0.25, 0.3) is 10.0 Å². The van der Waals surface area contributed by atoms with Crippen molar-refractivity contribution in [2.75, 3.05) is 32.1 Å². The number of hydrogen-bond donors (Lipinski definition) is 1. The van der Waals surface area contributed by atoms with Crippen molar-refractivity contribution in [3.05, 3.63) is 17.0 Å². The third kappa shape index (κ3) is 4.24. The highest BCUT2D eigenvalue weighted by Crippen LogP contribution is 2.24. The second-order valence-electron chi connectivity index (χ2n) is 3.93. The summed E-state index contributed by atoms with van der Waals surface area (Å²) in [6, 6.07) is 3.52. The standard InChI is InChI=1S/C11H20N2O2S3/c1-13(8-3-9-16-2)18(14,15)11-5-4-10(17-11)6-7-12/h4-5H,3,6-9,12H2,1-2H3. The maximum Gasteiger partial charge on any atom is 0.252 e. The number of sulfonamides is 1. The van der Waals surface area contributed by atoms with Gasteiger partial charge in [-0.2, -0.15) is 11.8 Å². The van der Waals surface area contributed by atoms with Crippen LogP contribution >= 0.6 is 23.1 Å². The highest BCUT2D eigenvalue weighted by molar-refractivity contribution is 7.98. The van der Waals surface area contributed by atoms with Crippen LogP contribution in [0.1, 0.15) is 11.3 Å². The summed E-state index contributed by atoms with van der Waals surface area (Å²) in [6.07, 6.45) is 3.63. The Balaban J connectivity index is 2.71. The molecule has 0 aliphatic heterocycles. The topological polar surface area (TPSA) is 63.4 Å². The smallest absolute Gasteiger partial charge is 0.252 e. The fourth-order valence-electron chi connectivity index (χ4n) is 1.48. The van der Waals surface area contributed by atoms with E-state index in [9.17, 15) is 8.42 Å². The fourth-order valence-corrected chi connectivity index (χ4v) is 4.69. The molecule has 0 spiro atoms. The maximum atomic E-state index is 12.2. The van der Waals surface area contributed by atoms with Crippen LogP contribution in [0.4, 0.5) is 0 Å². The SMILES string of the molecule is CSCCCN(C)S(=O)(=O)c1ccc(CCN)s1. The van der Waals surface area contributed by atoms with Crippen LogP contribution in [0.3, 0.4) is 0 Å². The zero-order valence-corrected chi connectivity index (χ0v) is 13.2. The van der Waals surface area contributed by atoms with Crippen LogP contribution in [0.15, 0.2) is 16.3 Å². The third-order valence-corrected chi connectivity index (χ3v) is 6.68. The molecule has 104 valence electrons. The van der Waals surface area contributed by atoms with E-state index in [4.69, 9.17) is 5.73 Å². The van der Waals surface area contributed by atoms with Crippen molar-refractivity contribution in [1.29, 1.82) is 0 Å². The van der Waals surface area contributed by atoms with Crippen LogP contribution in [0.5, 0.6) is 0 Å². The van der Waals surface area contributed by atoms with E-state index in [0.717, 1.165) is 23.5 Å². The molecule has 1 aromatic heterocycles. The van der Waals surface area contributed by atoms with Gasteiger partial charge in [-0.25, -0.2) is 12.7 Å². The lowest BCUT2D eigenvalue weighted by molar-refractivity contribution is 0.471. The van der Waals surface area contributed by atoms with Gasteiger partial charge in [-0.05, 0) is 43.5 Å². The van der Waals surface area contributed by atoms with Gasteiger partial charge >= 0.3 is 0 Å². The zero-order chi connectivity index (χ0) is 13.6. The lowest BCUT2D eigenvalue weighted by Crippen LogP contribution is -2.27. The fraction of sp³-hybridized carbons (Fsp3) is 0.636. The summed E-state index contributed by atoms with van der Waals surface area (Å²) in [6.45, 7) is 1.11. The van der Waals surface area contributed by atoms with Gasteiger partial charge in [-0.15, -0.1) is 11.3 Å². The Morgan fingerprint density at radius 2 is 2.17 bits per heavy atom. The van der Waals surface area contributed by atoms with Crippen molar-refractivity contribution in [3.63, 3.8) is 0 Å².